The maximum absolute atomic E-state index is 10.1. The predicted molar refractivity (Wildman–Crippen MR) is 49.7 cm³/mol. The second-order valence-electron chi connectivity index (χ2n) is 3.08. The van der Waals surface area contributed by atoms with Gasteiger partial charge in [0.15, 0.2) is 0 Å². The topological polar surface area (TPSA) is 70.6 Å². The minimum atomic E-state index is -0.720. The zero-order valence-corrected chi connectivity index (χ0v) is 7.58. The van der Waals surface area contributed by atoms with E-state index in [0.717, 1.165) is 33.4 Å². The minimum Gasteiger partial charge on any atom is -0.480 e. The number of carboxylic acids is 1. The molecule has 2 aliphatic heterocycles. The lowest BCUT2D eigenvalue weighted by atomic mass is 9.94. The van der Waals surface area contributed by atoms with Crippen LogP contribution in [-0.4, -0.2) is 37.7 Å². The first-order valence-electron chi connectivity index (χ1n) is 4.61. The van der Waals surface area contributed by atoms with Crippen LogP contribution < -0.4 is 10.7 Å². The van der Waals surface area contributed by atoms with E-state index in [2.05, 4.69) is 10.7 Å². The lowest BCUT2D eigenvalue weighted by Crippen LogP contribution is -2.29. The molecule has 2 rings (SSSR count). The third-order valence-corrected chi connectivity index (χ3v) is 1.99. The van der Waals surface area contributed by atoms with Gasteiger partial charge < -0.3 is 15.3 Å². The van der Waals surface area contributed by atoms with Gasteiger partial charge in [-0.05, 0) is 25.7 Å². The van der Waals surface area contributed by atoms with Crippen molar-refractivity contribution in [2.24, 2.45) is 0 Å². The molecule has 13 heavy (non-hydrogen) atoms. The number of hydrogen-bond acceptors (Lipinski definition) is 4. The molecule has 1 atom stereocenters. The van der Waals surface area contributed by atoms with Gasteiger partial charge in [-0.1, -0.05) is 0 Å². The van der Waals surface area contributed by atoms with Crippen molar-refractivity contribution in [1.29, 1.82) is 0 Å². The van der Waals surface area contributed by atoms with Crippen LogP contribution in [0, 0.1) is 0 Å². The highest BCUT2D eigenvalue weighted by molar-refractivity contribution is 6.32. The number of carboxylic acid groups (broad SMARTS) is 1. The molecule has 0 bridgehead atoms. The molecule has 2 aliphatic rings. The molecular formula is C7H15BN2O3. The molecule has 0 aromatic rings. The number of aliphatic carboxylic acids is 1. The molecule has 2 fully saturated rings. The Kier molecular flexibility index (Phi) is 4.81. The molecule has 0 aliphatic carbocycles. The Morgan fingerprint density at radius 2 is 2.46 bits per heavy atom. The highest BCUT2D eigenvalue weighted by Gasteiger charge is 2.20. The van der Waals surface area contributed by atoms with E-state index >= 15 is 0 Å². The fraction of sp³-hybridized carbons (Fsp3) is 0.857. The SMILES string of the molecule is B1CCON1.O=C(O)[C@@H]1CCCN1. The molecule has 0 amide bonds. The van der Waals surface area contributed by atoms with Crippen LogP contribution in [0.5, 0.6) is 0 Å². The summed E-state index contributed by atoms with van der Waals surface area (Å²) in [6.45, 7) is 1.75. The van der Waals surface area contributed by atoms with E-state index in [1.807, 2.05) is 0 Å². The van der Waals surface area contributed by atoms with Gasteiger partial charge in [-0.25, -0.2) is 5.39 Å². The Morgan fingerprint density at radius 3 is 2.69 bits per heavy atom. The lowest BCUT2D eigenvalue weighted by molar-refractivity contribution is -0.139. The normalized spacial score (nSPS) is 26.0. The number of nitrogens with one attached hydrogen (secondary N) is 2. The Labute approximate surface area is 78.1 Å². The molecule has 3 N–H and O–H groups in total. The van der Waals surface area contributed by atoms with Crippen LogP contribution in [0.2, 0.25) is 6.32 Å². The summed E-state index contributed by atoms with van der Waals surface area (Å²) < 4.78 is 0. The van der Waals surface area contributed by atoms with Crippen molar-refractivity contribution in [3.63, 3.8) is 0 Å². The summed E-state index contributed by atoms with van der Waals surface area (Å²) >= 11 is 0. The lowest BCUT2D eigenvalue weighted by Gasteiger charge is -1.99. The maximum atomic E-state index is 10.1. The van der Waals surface area contributed by atoms with Crippen LogP contribution in [0.3, 0.4) is 0 Å². The fourth-order valence-electron chi connectivity index (χ4n) is 1.26. The van der Waals surface area contributed by atoms with Gasteiger partial charge in [0.1, 0.15) is 6.04 Å². The Hall–Kier alpha value is -0.585. The molecule has 2 saturated heterocycles. The van der Waals surface area contributed by atoms with Gasteiger partial charge >= 0.3 is 5.97 Å². The van der Waals surface area contributed by atoms with E-state index in [4.69, 9.17) is 9.94 Å². The van der Waals surface area contributed by atoms with E-state index < -0.39 is 5.97 Å². The molecular weight excluding hydrogens is 171 g/mol. The summed E-state index contributed by atoms with van der Waals surface area (Å²) in [5.41, 5.74) is 0. The monoisotopic (exact) mass is 186 g/mol. The summed E-state index contributed by atoms with van der Waals surface area (Å²) in [5.74, 6) is -0.720. The van der Waals surface area contributed by atoms with Crippen molar-refractivity contribution >= 4 is 13.4 Å². The van der Waals surface area contributed by atoms with Gasteiger partial charge in [0.25, 0.3) is 0 Å². The quantitative estimate of drug-likeness (QED) is 0.463. The molecule has 0 aromatic heterocycles. The molecule has 5 nitrogen and oxygen atoms in total. The Balaban J connectivity index is 0.000000145. The highest BCUT2D eigenvalue weighted by atomic mass is 16.6. The Morgan fingerprint density at radius 1 is 1.62 bits per heavy atom. The third-order valence-electron chi connectivity index (χ3n) is 1.99. The molecule has 2 heterocycles. The molecule has 0 unspecified atom stereocenters. The van der Waals surface area contributed by atoms with Crippen molar-refractivity contribution < 1.29 is 14.7 Å². The number of carbonyl (C=O) groups is 1. The summed E-state index contributed by atoms with van der Waals surface area (Å²) in [6.07, 6.45) is 2.95. The second kappa shape index (κ2) is 5.96. The van der Waals surface area contributed by atoms with Crippen molar-refractivity contribution in [2.75, 3.05) is 13.2 Å². The summed E-state index contributed by atoms with van der Waals surface area (Å²) in [4.78, 5) is 14.8. The highest BCUT2D eigenvalue weighted by Crippen LogP contribution is 2.03. The van der Waals surface area contributed by atoms with E-state index in [1.54, 1.807) is 0 Å². The average Bonchev–Trinajstić information content (AvgIpc) is 2.82. The predicted octanol–water partition coefficient (Wildman–Crippen LogP) is -0.886. The van der Waals surface area contributed by atoms with Gasteiger partial charge in [0.2, 0.25) is 7.41 Å². The summed E-state index contributed by atoms with van der Waals surface area (Å²) in [5, 5.41) is 13.9. The summed E-state index contributed by atoms with van der Waals surface area (Å²) in [6, 6.07) is -0.269. The standard InChI is InChI=1S/C5H9NO2.C2H6BNO/c7-5(8)4-2-1-3-6-4;1-2-5-4-3-1/h4,6H,1-3H2,(H,7,8);3-4H,1-2H2/t4-;/m0./s1. The third kappa shape index (κ3) is 4.26. The van der Waals surface area contributed by atoms with Gasteiger partial charge in [0, 0.05) is 0 Å². The maximum Gasteiger partial charge on any atom is 0.320 e. The summed E-state index contributed by atoms with van der Waals surface area (Å²) in [7, 11) is 1.03. The second-order valence-corrected chi connectivity index (χ2v) is 3.08. The average molecular weight is 186 g/mol. The number of hydrogen-bond donors (Lipinski definition) is 3. The van der Waals surface area contributed by atoms with Crippen LogP contribution in [-0.2, 0) is 9.63 Å². The molecule has 74 valence electrons. The van der Waals surface area contributed by atoms with E-state index in [-0.39, 0.29) is 6.04 Å². The first-order chi connectivity index (χ1) is 6.30. The fourth-order valence-corrected chi connectivity index (χ4v) is 1.26. The molecule has 0 aromatic carbocycles. The van der Waals surface area contributed by atoms with E-state index in [1.165, 1.54) is 6.32 Å². The van der Waals surface area contributed by atoms with Crippen molar-refractivity contribution in [3.8, 4) is 0 Å². The first kappa shape index (κ1) is 10.5. The van der Waals surface area contributed by atoms with Crippen LogP contribution >= 0.6 is 0 Å². The van der Waals surface area contributed by atoms with Gasteiger partial charge in [0.05, 0.1) is 6.61 Å². The van der Waals surface area contributed by atoms with E-state index in [0.29, 0.717) is 0 Å². The molecule has 6 heteroatoms. The first-order valence-corrected chi connectivity index (χ1v) is 4.61. The van der Waals surface area contributed by atoms with Gasteiger partial charge in [-0.2, -0.15) is 0 Å². The molecule has 0 spiro atoms. The molecule has 0 saturated carbocycles. The van der Waals surface area contributed by atoms with Gasteiger partial charge in [-0.3, -0.25) is 4.79 Å². The molecule has 0 radical (unpaired) electrons. The zero-order valence-electron chi connectivity index (χ0n) is 7.58. The van der Waals surface area contributed by atoms with Crippen molar-refractivity contribution in [2.45, 2.75) is 25.2 Å². The van der Waals surface area contributed by atoms with E-state index in [9.17, 15) is 4.79 Å². The minimum absolute atomic E-state index is 0.269. The van der Waals surface area contributed by atoms with Crippen LogP contribution in [0.15, 0.2) is 0 Å². The van der Waals surface area contributed by atoms with Crippen LogP contribution in [0.1, 0.15) is 12.8 Å². The largest absolute Gasteiger partial charge is 0.480 e. The van der Waals surface area contributed by atoms with Crippen LogP contribution in [0.4, 0.5) is 0 Å². The van der Waals surface area contributed by atoms with Crippen molar-refractivity contribution in [3.05, 3.63) is 0 Å². The van der Waals surface area contributed by atoms with Crippen molar-refractivity contribution in [1.82, 2.24) is 10.7 Å². The van der Waals surface area contributed by atoms with Gasteiger partial charge in [-0.15, -0.1) is 0 Å². The zero-order chi connectivity index (χ0) is 9.52. The number of rotatable bonds is 1. The van der Waals surface area contributed by atoms with Crippen LogP contribution in [0.25, 0.3) is 0 Å². The smallest absolute Gasteiger partial charge is 0.320 e. The Bertz CT molecular complexity index is 150.